The van der Waals surface area contributed by atoms with Crippen molar-refractivity contribution in [3.63, 3.8) is 0 Å². The molecule has 0 aliphatic carbocycles. The maximum absolute atomic E-state index is 9.47. The van der Waals surface area contributed by atoms with Crippen LogP contribution in [0.5, 0.6) is 0 Å². The van der Waals surface area contributed by atoms with Gasteiger partial charge in [-0.25, -0.2) is 0 Å². The van der Waals surface area contributed by atoms with Crippen LogP contribution in [-0.2, 0) is 25.7 Å². The van der Waals surface area contributed by atoms with Crippen molar-refractivity contribution in [2.45, 2.75) is 39.5 Å². The van der Waals surface area contributed by atoms with Crippen molar-refractivity contribution in [1.29, 1.82) is 5.26 Å². The second kappa shape index (κ2) is 21.6. The van der Waals surface area contributed by atoms with Crippen molar-refractivity contribution in [2.75, 3.05) is 0 Å². The minimum atomic E-state index is -2.35. The van der Waals surface area contributed by atoms with Crippen molar-refractivity contribution >= 4 is 0 Å². The van der Waals surface area contributed by atoms with Crippen LogP contribution in [0, 0.1) is 25.1 Å². The first kappa shape index (κ1) is 43.5. The highest BCUT2D eigenvalue weighted by Gasteiger charge is 2.18. The van der Waals surface area contributed by atoms with Crippen LogP contribution in [0.3, 0.4) is 0 Å². The molecule has 0 saturated carbocycles. The molecule has 0 fully saturated rings. The number of hydrogen-bond donors (Lipinski definition) is 0. The predicted octanol–water partition coefficient (Wildman–Crippen LogP) is 17.3. The van der Waals surface area contributed by atoms with Crippen molar-refractivity contribution in [3.8, 4) is 95.5 Å². The van der Waals surface area contributed by atoms with E-state index in [0.717, 1.165) is 109 Å². The fraction of sp³-hybridized carbons (Fsp3) is 0.0857. The fourth-order valence-electron chi connectivity index (χ4n) is 9.97. The van der Waals surface area contributed by atoms with Crippen molar-refractivity contribution in [3.05, 3.63) is 282 Å². The SMILES string of the molecule is [2H]C([2H])([2H])c1cnc(-c2ccc(-c3ccccc3-c3cc(CCc4ccc(-c5ccccn5)cc4)cc(CCc4ccc(-c5ccccn5)cc4)c3)c(-c3ccc(-c4ccc(C#N)cc4)cc3)c2)cc1-c1ccccc1C. The summed E-state index contributed by atoms with van der Waals surface area (Å²) < 4.78 is 25.4. The minimum Gasteiger partial charge on any atom is -0.256 e. The molecule has 8 aromatic carbocycles. The molecule has 0 unspecified atom stereocenters. The number of aryl methyl sites for hydroxylation is 6. The average molecular weight is 954 g/mol. The largest absolute Gasteiger partial charge is 0.256 e. The zero-order chi connectivity index (χ0) is 52.7. The first-order valence-electron chi connectivity index (χ1n) is 26.7. The van der Waals surface area contributed by atoms with E-state index in [1.807, 2.05) is 110 Å². The molecule has 0 saturated heterocycles. The number of nitriles is 1. The number of benzene rings is 8. The Hall–Kier alpha value is -9.30. The van der Waals surface area contributed by atoms with E-state index in [4.69, 9.17) is 9.10 Å². The Bertz CT molecular complexity index is 3780. The summed E-state index contributed by atoms with van der Waals surface area (Å²) in [6.07, 6.45) is 8.71. The van der Waals surface area contributed by atoms with Crippen LogP contribution in [0.4, 0.5) is 0 Å². The molecule has 0 spiro atoms. The van der Waals surface area contributed by atoms with Gasteiger partial charge in [-0.2, -0.15) is 5.26 Å². The highest BCUT2D eigenvalue weighted by molar-refractivity contribution is 5.94. The Morgan fingerprint density at radius 3 is 1.42 bits per heavy atom. The standard InChI is InChI=1S/C70H54N4/c1-48-11-3-4-12-62(48)66-45-70(74-47-49(66)2)60-37-38-65(67(44-60)57-35-33-56(34-36-57)55-27-25-52(46-71)26-28-55)64-14-6-5-13-63(64)61-42-53(19-17-50-21-29-58(30-22-50)68-15-7-9-39-72-68)41-54(43-61)20-18-51-23-31-59(32-24-51)69-16-8-10-40-73-69/h3-16,21-45,47H,17-20H2,1-2H3/i2D3. The van der Waals surface area contributed by atoms with Crippen molar-refractivity contribution < 1.29 is 4.11 Å². The third kappa shape index (κ3) is 10.5. The van der Waals surface area contributed by atoms with Crippen LogP contribution >= 0.6 is 0 Å². The van der Waals surface area contributed by atoms with Gasteiger partial charge in [-0.05, 0) is 177 Å². The second-order valence-corrected chi connectivity index (χ2v) is 18.9. The van der Waals surface area contributed by atoms with Crippen molar-refractivity contribution in [1.82, 2.24) is 15.0 Å². The molecule has 11 aromatic rings. The molecule has 0 aliphatic heterocycles. The lowest BCUT2D eigenvalue weighted by atomic mass is 9.86. The molecule has 0 N–H and O–H groups in total. The van der Waals surface area contributed by atoms with E-state index in [0.29, 0.717) is 16.8 Å². The molecule has 0 amide bonds. The third-order valence-electron chi connectivity index (χ3n) is 14.0. The van der Waals surface area contributed by atoms with Crippen molar-refractivity contribution in [2.24, 2.45) is 0 Å². The van der Waals surface area contributed by atoms with Gasteiger partial charge < -0.3 is 0 Å². The zero-order valence-electron chi connectivity index (χ0n) is 44.2. The topological polar surface area (TPSA) is 62.5 Å². The lowest BCUT2D eigenvalue weighted by Crippen LogP contribution is -1.98. The monoisotopic (exact) mass is 953 g/mol. The molecular formula is C70H54N4. The molecule has 74 heavy (non-hydrogen) atoms. The van der Waals surface area contributed by atoms with E-state index in [1.165, 1.54) is 28.5 Å². The highest BCUT2D eigenvalue weighted by Crippen LogP contribution is 2.42. The molecule has 0 bridgehead atoms. The summed E-state index contributed by atoms with van der Waals surface area (Å²) in [5.41, 5.74) is 22.7. The number of aromatic nitrogens is 3. The quantitative estimate of drug-likeness (QED) is 0.109. The van der Waals surface area contributed by atoms with Gasteiger partial charge in [0, 0.05) is 39.4 Å². The Morgan fingerprint density at radius 2 is 0.851 bits per heavy atom. The van der Waals surface area contributed by atoms with Gasteiger partial charge in [-0.1, -0.05) is 176 Å². The number of nitrogens with zero attached hydrogens (tertiary/aromatic N) is 4. The molecule has 11 rings (SSSR count). The van der Waals surface area contributed by atoms with Gasteiger partial charge in [0.05, 0.1) is 28.7 Å². The van der Waals surface area contributed by atoms with Gasteiger partial charge in [0.15, 0.2) is 0 Å². The number of rotatable bonds is 14. The van der Waals surface area contributed by atoms with Gasteiger partial charge in [-0.3, -0.25) is 15.0 Å². The molecule has 4 nitrogen and oxygen atoms in total. The summed E-state index contributed by atoms with van der Waals surface area (Å²) in [5, 5.41) is 9.47. The summed E-state index contributed by atoms with van der Waals surface area (Å²) in [4.78, 5) is 14.0. The summed E-state index contributed by atoms with van der Waals surface area (Å²) in [6, 6.07) is 80.2. The van der Waals surface area contributed by atoms with E-state index in [2.05, 4.69) is 149 Å². The van der Waals surface area contributed by atoms with Crippen LogP contribution in [0.1, 0.15) is 43.1 Å². The van der Waals surface area contributed by atoms with Gasteiger partial charge in [0.1, 0.15) is 0 Å². The minimum absolute atomic E-state index is 0.221. The Kier molecular flexibility index (Phi) is 12.7. The number of pyridine rings is 3. The molecular weight excluding hydrogens is 897 g/mol. The van der Waals surface area contributed by atoms with Gasteiger partial charge in [0.2, 0.25) is 0 Å². The van der Waals surface area contributed by atoms with Crippen LogP contribution in [0.15, 0.2) is 243 Å². The molecule has 3 heterocycles. The van der Waals surface area contributed by atoms with E-state index >= 15 is 0 Å². The summed E-state index contributed by atoms with van der Waals surface area (Å²) in [6.45, 7) is -0.344. The smallest absolute Gasteiger partial charge is 0.0991 e. The lowest BCUT2D eigenvalue weighted by Gasteiger charge is -2.18. The fourth-order valence-corrected chi connectivity index (χ4v) is 9.97. The van der Waals surface area contributed by atoms with Crippen LogP contribution in [-0.4, -0.2) is 15.0 Å². The maximum atomic E-state index is 9.47. The lowest BCUT2D eigenvalue weighted by molar-refractivity contribution is 0.931. The highest BCUT2D eigenvalue weighted by atomic mass is 14.7. The maximum Gasteiger partial charge on any atom is 0.0991 e. The van der Waals surface area contributed by atoms with Crippen LogP contribution in [0.25, 0.3) is 89.4 Å². The molecule has 3 aromatic heterocycles. The Labute approximate surface area is 439 Å². The third-order valence-corrected chi connectivity index (χ3v) is 14.0. The molecule has 0 atom stereocenters. The van der Waals surface area contributed by atoms with E-state index < -0.39 is 6.85 Å². The van der Waals surface area contributed by atoms with Gasteiger partial charge in [0.25, 0.3) is 0 Å². The van der Waals surface area contributed by atoms with Crippen LogP contribution < -0.4 is 0 Å². The second-order valence-electron chi connectivity index (χ2n) is 18.9. The molecule has 354 valence electrons. The average Bonchev–Trinajstić information content (AvgIpc) is 3.52. The predicted molar refractivity (Wildman–Crippen MR) is 305 cm³/mol. The Morgan fingerprint density at radius 1 is 0.351 bits per heavy atom. The Balaban J connectivity index is 0.996. The summed E-state index contributed by atoms with van der Waals surface area (Å²) in [5.74, 6) is 0. The van der Waals surface area contributed by atoms with Gasteiger partial charge >= 0.3 is 0 Å². The van der Waals surface area contributed by atoms with E-state index in [-0.39, 0.29) is 5.56 Å². The normalized spacial score (nSPS) is 11.8. The van der Waals surface area contributed by atoms with Crippen LogP contribution in [0.2, 0.25) is 0 Å². The molecule has 0 radical (unpaired) electrons. The first-order valence-corrected chi connectivity index (χ1v) is 25.2. The molecule has 4 heteroatoms. The summed E-state index contributed by atoms with van der Waals surface area (Å²) >= 11 is 0. The first-order chi connectivity index (χ1) is 37.6. The van der Waals surface area contributed by atoms with Gasteiger partial charge in [-0.15, -0.1) is 0 Å². The zero-order valence-corrected chi connectivity index (χ0v) is 41.2. The summed E-state index contributed by atoms with van der Waals surface area (Å²) in [7, 11) is 0. The molecule has 0 aliphatic rings. The van der Waals surface area contributed by atoms with E-state index in [9.17, 15) is 5.26 Å². The van der Waals surface area contributed by atoms with E-state index in [1.54, 1.807) is 0 Å². The number of hydrogen-bond acceptors (Lipinski definition) is 4.